The van der Waals surface area contributed by atoms with E-state index in [1.807, 2.05) is 31.2 Å². The molecule has 0 saturated heterocycles. The van der Waals surface area contributed by atoms with Crippen LogP contribution in [0.25, 0.3) is 0 Å². The minimum absolute atomic E-state index is 0.678. The van der Waals surface area contributed by atoms with Crippen molar-refractivity contribution < 1.29 is 9.84 Å². The summed E-state index contributed by atoms with van der Waals surface area (Å²) < 4.78 is 5.11. The van der Waals surface area contributed by atoms with Crippen LogP contribution < -0.4 is 4.74 Å². The lowest BCUT2D eigenvalue weighted by atomic mass is 9.86. The second kappa shape index (κ2) is 5.90. The van der Waals surface area contributed by atoms with Crippen LogP contribution >= 0.6 is 0 Å². The van der Waals surface area contributed by atoms with Gasteiger partial charge in [-0.3, -0.25) is 0 Å². The van der Waals surface area contributed by atoms with Gasteiger partial charge in [0.05, 0.1) is 12.7 Å². The van der Waals surface area contributed by atoms with Gasteiger partial charge in [-0.25, -0.2) is 0 Å². The van der Waals surface area contributed by atoms with Crippen LogP contribution in [0.15, 0.2) is 24.3 Å². The van der Waals surface area contributed by atoms with Crippen molar-refractivity contribution in [3.8, 4) is 5.75 Å². The van der Waals surface area contributed by atoms with E-state index < -0.39 is 5.60 Å². The largest absolute Gasteiger partial charge is 0.497 e. The van der Waals surface area contributed by atoms with E-state index in [2.05, 4.69) is 6.92 Å². The van der Waals surface area contributed by atoms with E-state index in [-0.39, 0.29) is 0 Å². The molecule has 1 rings (SSSR count). The molecule has 0 heterocycles. The molecule has 0 radical (unpaired) electrons. The van der Waals surface area contributed by atoms with Crippen LogP contribution in [0.5, 0.6) is 5.75 Å². The highest BCUT2D eigenvalue weighted by Crippen LogP contribution is 2.31. The Bertz CT molecular complexity index is 305. The third-order valence-corrected chi connectivity index (χ3v) is 3.16. The number of hydrogen-bond donors (Lipinski definition) is 1. The summed E-state index contributed by atoms with van der Waals surface area (Å²) >= 11 is 0. The number of rotatable bonds is 6. The fourth-order valence-corrected chi connectivity index (χ4v) is 1.90. The lowest BCUT2D eigenvalue weighted by molar-refractivity contribution is 0.0211. The molecule has 16 heavy (non-hydrogen) atoms. The predicted octanol–water partition coefficient (Wildman–Crippen LogP) is 3.48. The Balaban J connectivity index is 2.84. The summed E-state index contributed by atoms with van der Waals surface area (Å²) in [5, 5.41) is 10.5. The molecule has 0 fully saturated rings. The first kappa shape index (κ1) is 13.0. The normalized spacial score (nSPS) is 14.5. The molecule has 0 bridgehead atoms. The molecule has 1 N–H and O–H groups in total. The molecule has 90 valence electrons. The standard InChI is InChI=1S/C14H22O2/c1-4-6-11-14(15,5-2)12-7-9-13(16-3)10-8-12/h7-10,15H,4-6,11H2,1-3H3. The lowest BCUT2D eigenvalue weighted by Gasteiger charge is -2.27. The number of aliphatic hydroxyl groups is 1. The highest BCUT2D eigenvalue weighted by molar-refractivity contribution is 5.30. The van der Waals surface area contributed by atoms with E-state index in [0.29, 0.717) is 0 Å². The fraction of sp³-hybridized carbons (Fsp3) is 0.571. The Morgan fingerprint density at radius 3 is 2.25 bits per heavy atom. The number of benzene rings is 1. The van der Waals surface area contributed by atoms with Gasteiger partial charge in [-0.05, 0) is 30.5 Å². The SMILES string of the molecule is CCCCC(O)(CC)c1ccc(OC)cc1. The summed E-state index contributed by atoms with van der Waals surface area (Å²) in [5.41, 5.74) is 0.312. The molecule has 2 heteroatoms. The molecule has 1 aromatic rings. The monoisotopic (exact) mass is 222 g/mol. The first-order valence-electron chi connectivity index (χ1n) is 6.03. The Hall–Kier alpha value is -1.02. The first-order chi connectivity index (χ1) is 7.66. The fourth-order valence-electron chi connectivity index (χ4n) is 1.90. The Morgan fingerprint density at radius 2 is 1.81 bits per heavy atom. The minimum atomic E-state index is -0.678. The molecule has 2 nitrogen and oxygen atoms in total. The number of hydrogen-bond acceptors (Lipinski definition) is 2. The smallest absolute Gasteiger partial charge is 0.118 e. The van der Waals surface area contributed by atoms with Gasteiger partial charge in [-0.1, -0.05) is 38.8 Å². The Morgan fingerprint density at radius 1 is 1.19 bits per heavy atom. The molecule has 0 amide bonds. The van der Waals surface area contributed by atoms with E-state index in [1.165, 1.54) is 0 Å². The van der Waals surface area contributed by atoms with E-state index in [9.17, 15) is 5.11 Å². The van der Waals surface area contributed by atoms with Crippen molar-refractivity contribution in [1.29, 1.82) is 0 Å². The van der Waals surface area contributed by atoms with Gasteiger partial charge in [0.2, 0.25) is 0 Å². The van der Waals surface area contributed by atoms with Crippen LogP contribution in [0, 0.1) is 0 Å². The van der Waals surface area contributed by atoms with Gasteiger partial charge in [0.15, 0.2) is 0 Å². The van der Waals surface area contributed by atoms with Gasteiger partial charge in [0.1, 0.15) is 5.75 Å². The van der Waals surface area contributed by atoms with Crippen LogP contribution in [0.3, 0.4) is 0 Å². The van der Waals surface area contributed by atoms with Gasteiger partial charge < -0.3 is 9.84 Å². The molecule has 0 saturated carbocycles. The third kappa shape index (κ3) is 2.99. The van der Waals surface area contributed by atoms with Crippen molar-refractivity contribution in [2.24, 2.45) is 0 Å². The maximum absolute atomic E-state index is 10.5. The maximum atomic E-state index is 10.5. The van der Waals surface area contributed by atoms with E-state index in [1.54, 1.807) is 7.11 Å². The summed E-state index contributed by atoms with van der Waals surface area (Å²) in [7, 11) is 1.65. The summed E-state index contributed by atoms with van der Waals surface area (Å²) in [4.78, 5) is 0. The van der Waals surface area contributed by atoms with Crippen molar-refractivity contribution in [2.45, 2.75) is 45.1 Å². The Labute approximate surface area is 98.3 Å². The predicted molar refractivity (Wildman–Crippen MR) is 66.7 cm³/mol. The van der Waals surface area contributed by atoms with Gasteiger partial charge in [-0.15, -0.1) is 0 Å². The second-order valence-electron chi connectivity index (χ2n) is 4.22. The van der Waals surface area contributed by atoms with Gasteiger partial charge >= 0.3 is 0 Å². The molecule has 0 aliphatic rings. The summed E-state index contributed by atoms with van der Waals surface area (Å²) in [6.07, 6.45) is 3.74. The lowest BCUT2D eigenvalue weighted by Crippen LogP contribution is -2.24. The van der Waals surface area contributed by atoms with Crippen molar-refractivity contribution >= 4 is 0 Å². The van der Waals surface area contributed by atoms with Gasteiger partial charge in [0, 0.05) is 0 Å². The minimum Gasteiger partial charge on any atom is -0.497 e. The van der Waals surface area contributed by atoms with Crippen molar-refractivity contribution in [1.82, 2.24) is 0 Å². The van der Waals surface area contributed by atoms with Crippen LogP contribution in [0.1, 0.15) is 45.1 Å². The second-order valence-corrected chi connectivity index (χ2v) is 4.22. The van der Waals surface area contributed by atoms with Crippen LogP contribution in [0.4, 0.5) is 0 Å². The first-order valence-corrected chi connectivity index (χ1v) is 6.03. The zero-order chi connectivity index (χ0) is 12.0. The van der Waals surface area contributed by atoms with Crippen LogP contribution in [-0.2, 0) is 5.60 Å². The molecule has 0 spiro atoms. The number of methoxy groups -OCH3 is 1. The Kier molecular flexibility index (Phi) is 4.81. The highest BCUT2D eigenvalue weighted by Gasteiger charge is 2.25. The quantitative estimate of drug-likeness (QED) is 0.798. The third-order valence-electron chi connectivity index (χ3n) is 3.16. The average Bonchev–Trinajstić information content (AvgIpc) is 2.36. The highest BCUT2D eigenvalue weighted by atomic mass is 16.5. The van der Waals surface area contributed by atoms with Gasteiger partial charge in [-0.2, -0.15) is 0 Å². The molecule has 1 unspecified atom stereocenters. The molecule has 1 atom stereocenters. The average molecular weight is 222 g/mol. The van der Waals surface area contributed by atoms with Crippen LogP contribution in [0.2, 0.25) is 0 Å². The zero-order valence-corrected chi connectivity index (χ0v) is 10.5. The molecule has 1 aromatic carbocycles. The summed E-state index contributed by atoms with van der Waals surface area (Å²) in [6.45, 7) is 4.17. The van der Waals surface area contributed by atoms with E-state index >= 15 is 0 Å². The van der Waals surface area contributed by atoms with Gasteiger partial charge in [0.25, 0.3) is 0 Å². The number of ether oxygens (including phenoxy) is 1. The summed E-state index contributed by atoms with van der Waals surface area (Å²) in [6, 6.07) is 7.72. The number of unbranched alkanes of at least 4 members (excludes halogenated alkanes) is 1. The van der Waals surface area contributed by atoms with Crippen molar-refractivity contribution in [3.05, 3.63) is 29.8 Å². The van der Waals surface area contributed by atoms with E-state index in [4.69, 9.17) is 4.74 Å². The van der Waals surface area contributed by atoms with Crippen LogP contribution in [-0.4, -0.2) is 12.2 Å². The summed E-state index contributed by atoms with van der Waals surface area (Å²) in [5.74, 6) is 0.831. The molecular formula is C14H22O2. The molecular weight excluding hydrogens is 200 g/mol. The van der Waals surface area contributed by atoms with E-state index in [0.717, 1.165) is 37.0 Å². The molecule has 0 aliphatic heterocycles. The maximum Gasteiger partial charge on any atom is 0.118 e. The zero-order valence-electron chi connectivity index (χ0n) is 10.5. The van der Waals surface area contributed by atoms with Crippen molar-refractivity contribution in [3.63, 3.8) is 0 Å². The van der Waals surface area contributed by atoms with Crippen molar-refractivity contribution in [2.75, 3.05) is 7.11 Å². The molecule has 0 aliphatic carbocycles. The molecule has 0 aromatic heterocycles. The topological polar surface area (TPSA) is 29.5 Å².